The van der Waals surface area contributed by atoms with Crippen molar-refractivity contribution in [2.45, 2.75) is 206 Å². The van der Waals surface area contributed by atoms with Crippen LogP contribution in [0.4, 0.5) is 0 Å². The van der Waals surface area contributed by atoms with Gasteiger partial charge in [-0.25, -0.2) is 0 Å². The standard InChI is InChI=1S/C42H74O4/c1-3-5-7-9-11-13-15-17-19-20-21-22-24-25-27-29-31-33-35-37-40(39-41(43)44)46-42(45)38-36-34-32-30-28-26-23-18-16-14-12-10-8-6-4-2/h6,8,12,14,18,23,28,30,40H,3-5,7,9-11,13,15-17,19-22,24-27,29,31-39H2,1-2H3,(H,43,44)/b8-6-,14-12-,23-18-,30-28-. The molecule has 0 aliphatic rings. The SMILES string of the molecule is CC/C=C\C/C=C\C/C=C\C/C=C\CCCCC(=O)OC(CCCCCCCCCCCCCCCCCCCCC)CC(=O)O. The fourth-order valence-corrected chi connectivity index (χ4v) is 5.72. The maximum absolute atomic E-state index is 12.3. The Balaban J connectivity index is 3.70. The maximum Gasteiger partial charge on any atom is 0.307 e. The highest BCUT2D eigenvalue weighted by Crippen LogP contribution is 2.17. The Bertz CT molecular complexity index is 779. The number of esters is 1. The molecule has 0 aromatic carbocycles. The summed E-state index contributed by atoms with van der Waals surface area (Å²) in [6.45, 7) is 4.43. The summed E-state index contributed by atoms with van der Waals surface area (Å²) in [6.07, 6.45) is 50.0. The van der Waals surface area contributed by atoms with Gasteiger partial charge in [0.2, 0.25) is 0 Å². The van der Waals surface area contributed by atoms with E-state index in [-0.39, 0.29) is 12.4 Å². The predicted molar refractivity (Wildman–Crippen MR) is 199 cm³/mol. The molecule has 4 nitrogen and oxygen atoms in total. The van der Waals surface area contributed by atoms with E-state index >= 15 is 0 Å². The highest BCUT2D eigenvalue weighted by molar-refractivity contribution is 5.71. The molecular weight excluding hydrogens is 568 g/mol. The van der Waals surface area contributed by atoms with Crippen LogP contribution in [0.2, 0.25) is 0 Å². The van der Waals surface area contributed by atoms with Gasteiger partial charge in [0.15, 0.2) is 0 Å². The summed E-state index contributed by atoms with van der Waals surface area (Å²) in [5.41, 5.74) is 0. The fraction of sp³-hybridized carbons (Fsp3) is 0.762. The molecule has 1 unspecified atom stereocenters. The van der Waals surface area contributed by atoms with Gasteiger partial charge >= 0.3 is 11.9 Å². The van der Waals surface area contributed by atoms with Gasteiger partial charge in [0, 0.05) is 6.42 Å². The zero-order valence-electron chi connectivity index (χ0n) is 30.4. The van der Waals surface area contributed by atoms with Gasteiger partial charge in [-0.05, 0) is 57.8 Å². The number of rotatable bonds is 35. The smallest absolute Gasteiger partial charge is 0.307 e. The molecule has 0 aliphatic heterocycles. The Morgan fingerprint density at radius 2 is 0.935 bits per heavy atom. The third kappa shape index (κ3) is 36.4. The molecule has 0 bridgehead atoms. The van der Waals surface area contributed by atoms with E-state index in [4.69, 9.17) is 4.74 Å². The minimum Gasteiger partial charge on any atom is -0.481 e. The quantitative estimate of drug-likeness (QED) is 0.0424. The summed E-state index contributed by atoms with van der Waals surface area (Å²) >= 11 is 0. The van der Waals surface area contributed by atoms with Crippen LogP contribution in [0.25, 0.3) is 0 Å². The van der Waals surface area contributed by atoms with Gasteiger partial charge in [-0.1, -0.05) is 178 Å². The number of carboxylic acid groups (broad SMARTS) is 1. The largest absolute Gasteiger partial charge is 0.481 e. The number of ether oxygens (including phenoxy) is 1. The average molecular weight is 643 g/mol. The molecule has 0 saturated heterocycles. The third-order valence-corrected chi connectivity index (χ3v) is 8.55. The molecule has 0 heterocycles. The first-order valence-electron chi connectivity index (χ1n) is 19.6. The predicted octanol–water partition coefficient (Wildman–Crippen LogP) is 13.6. The van der Waals surface area contributed by atoms with E-state index in [0.29, 0.717) is 12.8 Å². The normalized spacial score (nSPS) is 12.7. The Kier molecular flexibility index (Phi) is 35.7. The number of carbonyl (C=O) groups is 2. The molecule has 0 aromatic rings. The lowest BCUT2D eigenvalue weighted by atomic mass is 10.0. The topological polar surface area (TPSA) is 63.6 Å². The van der Waals surface area contributed by atoms with Crippen molar-refractivity contribution in [2.24, 2.45) is 0 Å². The molecular formula is C42H74O4. The average Bonchev–Trinajstić information content (AvgIpc) is 3.03. The van der Waals surface area contributed by atoms with Crippen molar-refractivity contribution in [1.82, 2.24) is 0 Å². The van der Waals surface area contributed by atoms with Crippen LogP contribution in [-0.2, 0) is 14.3 Å². The molecule has 0 amide bonds. The van der Waals surface area contributed by atoms with E-state index in [1.54, 1.807) is 0 Å². The Morgan fingerprint density at radius 1 is 0.522 bits per heavy atom. The van der Waals surface area contributed by atoms with Gasteiger partial charge in [-0.3, -0.25) is 9.59 Å². The number of allylic oxidation sites excluding steroid dienone is 8. The van der Waals surface area contributed by atoms with Crippen LogP contribution in [0.3, 0.4) is 0 Å². The summed E-state index contributed by atoms with van der Waals surface area (Å²) in [5, 5.41) is 9.26. The molecule has 46 heavy (non-hydrogen) atoms. The third-order valence-electron chi connectivity index (χ3n) is 8.55. The van der Waals surface area contributed by atoms with E-state index < -0.39 is 12.1 Å². The summed E-state index contributed by atoms with van der Waals surface area (Å²) < 4.78 is 5.56. The molecule has 0 aromatic heterocycles. The lowest BCUT2D eigenvalue weighted by Crippen LogP contribution is -2.21. The first-order valence-corrected chi connectivity index (χ1v) is 19.6. The van der Waals surface area contributed by atoms with Crippen LogP contribution in [0, 0.1) is 0 Å². The van der Waals surface area contributed by atoms with Crippen LogP contribution in [0.15, 0.2) is 48.6 Å². The van der Waals surface area contributed by atoms with Gasteiger partial charge in [0.25, 0.3) is 0 Å². The molecule has 0 fully saturated rings. The van der Waals surface area contributed by atoms with Crippen molar-refractivity contribution < 1.29 is 19.4 Å². The van der Waals surface area contributed by atoms with Crippen LogP contribution < -0.4 is 0 Å². The van der Waals surface area contributed by atoms with Crippen molar-refractivity contribution in [2.75, 3.05) is 0 Å². The van der Waals surface area contributed by atoms with Crippen LogP contribution in [0.1, 0.15) is 200 Å². The van der Waals surface area contributed by atoms with E-state index in [1.165, 1.54) is 109 Å². The molecule has 1 atom stereocenters. The number of carbonyl (C=O) groups excluding carboxylic acids is 1. The molecule has 266 valence electrons. The second-order valence-electron chi connectivity index (χ2n) is 13.1. The van der Waals surface area contributed by atoms with E-state index in [2.05, 4.69) is 62.5 Å². The number of hydrogen-bond donors (Lipinski definition) is 1. The minimum atomic E-state index is -0.894. The maximum atomic E-state index is 12.3. The number of hydrogen-bond acceptors (Lipinski definition) is 3. The molecule has 0 rings (SSSR count). The zero-order chi connectivity index (χ0) is 33.6. The lowest BCUT2D eigenvalue weighted by molar-refractivity contribution is -0.153. The zero-order valence-corrected chi connectivity index (χ0v) is 30.4. The minimum absolute atomic E-state index is 0.0905. The molecule has 0 spiro atoms. The Morgan fingerprint density at radius 3 is 1.37 bits per heavy atom. The van der Waals surface area contributed by atoms with Crippen LogP contribution in [-0.4, -0.2) is 23.1 Å². The van der Waals surface area contributed by atoms with Crippen LogP contribution in [0.5, 0.6) is 0 Å². The highest BCUT2D eigenvalue weighted by Gasteiger charge is 2.17. The van der Waals surface area contributed by atoms with E-state index in [9.17, 15) is 14.7 Å². The number of unbranched alkanes of at least 4 members (excludes halogenated alkanes) is 20. The fourth-order valence-electron chi connectivity index (χ4n) is 5.72. The number of aliphatic carboxylic acids is 1. The molecule has 0 radical (unpaired) electrons. The Labute approximate surface area is 285 Å². The summed E-state index contributed by atoms with van der Waals surface area (Å²) in [7, 11) is 0. The second-order valence-corrected chi connectivity index (χ2v) is 13.1. The van der Waals surface area contributed by atoms with Gasteiger partial charge in [-0.2, -0.15) is 0 Å². The van der Waals surface area contributed by atoms with Crippen molar-refractivity contribution in [3.8, 4) is 0 Å². The van der Waals surface area contributed by atoms with Gasteiger partial charge in [0.1, 0.15) is 6.10 Å². The van der Waals surface area contributed by atoms with Crippen molar-refractivity contribution in [3.05, 3.63) is 48.6 Å². The van der Waals surface area contributed by atoms with E-state index in [0.717, 1.165) is 57.8 Å². The van der Waals surface area contributed by atoms with Crippen LogP contribution >= 0.6 is 0 Å². The van der Waals surface area contributed by atoms with Gasteiger partial charge < -0.3 is 9.84 Å². The molecule has 0 aliphatic carbocycles. The van der Waals surface area contributed by atoms with Crippen molar-refractivity contribution in [1.29, 1.82) is 0 Å². The monoisotopic (exact) mass is 643 g/mol. The summed E-state index contributed by atoms with van der Waals surface area (Å²) in [6, 6.07) is 0. The molecule has 1 N–H and O–H groups in total. The van der Waals surface area contributed by atoms with Crippen molar-refractivity contribution >= 4 is 11.9 Å². The van der Waals surface area contributed by atoms with E-state index in [1.807, 2.05) is 0 Å². The highest BCUT2D eigenvalue weighted by atomic mass is 16.5. The molecule has 4 heteroatoms. The van der Waals surface area contributed by atoms with Gasteiger partial charge in [0.05, 0.1) is 6.42 Å². The Hall–Kier alpha value is -2.10. The first-order chi connectivity index (χ1) is 22.6. The second kappa shape index (κ2) is 37.4. The molecule has 0 saturated carbocycles. The first kappa shape index (κ1) is 43.9. The number of carboxylic acids is 1. The summed E-state index contributed by atoms with van der Waals surface area (Å²) in [5.74, 6) is -1.15. The van der Waals surface area contributed by atoms with Gasteiger partial charge in [-0.15, -0.1) is 0 Å². The lowest BCUT2D eigenvalue weighted by Gasteiger charge is -2.16. The van der Waals surface area contributed by atoms with Crippen molar-refractivity contribution in [3.63, 3.8) is 0 Å². The summed E-state index contributed by atoms with van der Waals surface area (Å²) in [4.78, 5) is 23.6.